The minimum atomic E-state index is 0.104. The summed E-state index contributed by atoms with van der Waals surface area (Å²) in [5.74, 6) is 1.11. The van der Waals surface area contributed by atoms with Crippen LogP contribution in [0.3, 0.4) is 0 Å². The zero-order valence-corrected chi connectivity index (χ0v) is 10.0. The molecule has 1 spiro atoms. The van der Waals surface area contributed by atoms with E-state index in [0.29, 0.717) is 11.8 Å². The molecule has 1 saturated heterocycles. The highest BCUT2D eigenvalue weighted by Crippen LogP contribution is 2.53. The highest BCUT2D eigenvalue weighted by molar-refractivity contribution is 5.49. The lowest BCUT2D eigenvalue weighted by Gasteiger charge is -2.15. The zero-order valence-electron chi connectivity index (χ0n) is 10.0. The SMILES string of the molecule is C=C[C@H]1CC[C@@H](/C=C/c2ccccc2)[C@@]12CO2. The van der Waals surface area contributed by atoms with E-state index < -0.39 is 0 Å². The summed E-state index contributed by atoms with van der Waals surface area (Å²) in [4.78, 5) is 0. The molecule has 88 valence electrons. The van der Waals surface area contributed by atoms with Crippen LogP contribution in [-0.4, -0.2) is 12.2 Å². The van der Waals surface area contributed by atoms with Crippen molar-refractivity contribution in [3.8, 4) is 0 Å². The summed E-state index contributed by atoms with van der Waals surface area (Å²) >= 11 is 0. The second-order valence-electron chi connectivity index (χ2n) is 5.04. The standard InChI is InChI=1S/C16H18O/c1-2-14-10-11-15(16(14)12-17-16)9-8-13-6-4-3-5-7-13/h2-9,14-15H,1,10-12H2/b9-8+/t14-,15+,16+/m0/s1. The molecule has 2 aliphatic rings. The van der Waals surface area contributed by atoms with E-state index >= 15 is 0 Å². The molecule has 1 aliphatic carbocycles. The maximum absolute atomic E-state index is 5.74. The van der Waals surface area contributed by atoms with E-state index in [1.54, 1.807) is 0 Å². The van der Waals surface area contributed by atoms with Gasteiger partial charge >= 0.3 is 0 Å². The lowest BCUT2D eigenvalue weighted by Crippen LogP contribution is -2.22. The number of epoxide rings is 1. The third-order valence-corrected chi connectivity index (χ3v) is 4.13. The average Bonchev–Trinajstić information content (AvgIpc) is 3.07. The van der Waals surface area contributed by atoms with Gasteiger partial charge < -0.3 is 4.74 Å². The van der Waals surface area contributed by atoms with Crippen LogP contribution in [0, 0.1) is 11.8 Å². The molecule has 0 radical (unpaired) electrons. The smallest absolute Gasteiger partial charge is 0.104 e. The zero-order chi connectivity index (χ0) is 11.7. The first-order chi connectivity index (χ1) is 8.35. The Labute approximate surface area is 103 Å². The first kappa shape index (κ1) is 10.8. The molecule has 1 aromatic rings. The summed E-state index contributed by atoms with van der Waals surface area (Å²) in [5.41, 5.74) is 1.37. The fourth-order valence-corrected chi connectivity index (χ4v) is 3.00. The lowest BCUT2D eigenvalue weighted by atomic mass is 9.89. The molecule has 3 rings (SSSR count). The first-order valence-electron chi connectivity index (χ1n) is 6.35. The maximum atomic E-state index is 5.74. The number of hydrogen-bond acceptors (Lipinski definition) is 1. The molecule has 0 bridgehead atoms. The first-order valence-corrected chi connectivity index (χ1v) is 6.35. The highest BCUT2D eigenvalue weighted by atomic mass is 16.6. The molecular weight excluding hydrogens is 208 g/mol. The molecule has 0 aromatic heterocycles. The van der Waals surface area contributed by atoms with Crippen LogP contribution in [0.4, 0.5) is 0 Å². The van der Waals surface area contributed by atoms with Crippen molar-refractivity contribution >= 4 is 6.08 Å². The fourth-order valence-electron chi connectivity index (χ4n) is 3.00. The van der Waals surface area contributed by atoms with Crippen LogP contribution in [0.25, 0.3) is 6.08 Å². The van der Waals surface area contributed by atoms with Crippen LogP contribution < -0.4 is 0 Å². The van der Waals surface area contributed by atoms with Crippen molar-refractivity contribution in [3.05, 3.63) is 54.6 Å². The van der Waals surface area contributed by atoms with Crippen LogP contribution in [0.2, 0.25) is 0 Å². The predicted molar refractivity (Wildman–Crippen MR) is 70.6 cm³/mol. The van der Waals surface area contributed by atoms with E-state index in [2.05, 4.69) is 49.1 Å². The molecular formula is C16H18O. The van der Waals surface area contributed by atoms with E-state index in [4.69, 9.17) is 4.74 Å². The minimum Gasteiger partial charge on any atom is -0.368 e. The van der Waals surface area contributed by atoms with Crippen LogP contribution >= 0.6 is 0 Å². The van der Waals surface area contributed by atoms with Crippen LogP contribution in [0.1, 0.15) is 18.4 Å². The number of ether oxygens (including phenoxy) is 1. The molecule has 0 N–H and O–H groups in total. The van der Waals surface area contributed by atoms with Gasteiger partial charge in [-0.2, -0.15) is 0 Å². The largest absolute Gasteiger partial charge is 0.368 e. The Morgan fingerprint density at radius 1 is 1.18 bits per heavy atom. The molecule has 17 heavy (non-hydrogen) atoms. The van der Waals surface area contributed by atoms with E-state index in [1.165, 1.54) is 18.4 Å². The van der Waals surface area contributed by atoms with Gasteiger partial charge in [-0.15, -0.1) is 6.58 Å². The van der Waals surface area contributed by atoms with Crippen LogP contribution in [-0.2, 0) is 4.74 Å². The fraction of sp³-hybridized carbons (Fsp3) is 0.375. The molecule has 1 saturated carbocycles. The average molecular weight is 226 g/mol. The van der Waals surface area contributed by atoms with E-state index in [0.717, 1.165) is 6.61 Å². The predicted octanol–water partition coefficient (Wildman–Crippen LogP) is 3.68. The quantitative estimate of drug-likeness (QED) is 0.566. The minimum absolute atomic E-state index is 0.104. The van der Waals surface area contributed by atoms with Gasteiger partial charge in [0.1, 0.15) is 5.60 Å². The second-order valence-corrected chi connectivity index (χ2v) is 5.04. The Hall–Kier alpha value is -1.34. The summed E-state index contributed by atoms with van der Waals surface area (Å²) in [6.45, 7) is 4.84. The van der Waals surface area contributed by atoms with Gasteiger partial charge in [-0.05, 0) is 18.4 Å². The van der Waals surface area contributed by atoms with Crippen molar-refractivity contribution in [2.45, 2.75) is 18.4 Å². The maximum Gasteiger partial charge on any atom is 0.104 e. The van der Waals surface area contributed by atoms with Gasteiger partial charge in [0.25, 0.3) is 0 Å². The molecule has 0 unspecified atom stereocenters. The number of hydrogen-bond donors (Lipinski definition) is 0. The monoisotopic (exact) mass is 226 g/mol. The van der Waals surface area contributed by atoms with Gasteiger partial charge in [-0.1, -0.05) is 48.6 Å². The van der Waals surface area contributed by atoms with Crippen molar-refractivity contribution in [1.82, 2.24) is 0 Å². The Morgan fingerprint density at radius 2 is 1.88 bits per heavy atom. The number of rotatable bonds is 3. The number of benzene rings is 1. The van der Waals surface area contributed by atoms with Gasteiger partial charge in [-0.25, -0.2) is 0 Å². The topological polar surface area (TPSA) is 12.5 Å². The Bertz CT molecular complexity index is 428. The van der Waals surface area contributed by atoms with Crippen molar-refractivity contribution in [2.24, 2.45) is 11.8 Å². The summed E-state index contributed by atoms with van der Waals surface area (Å²) in [7, 11) is 0. The third-order valence-electron chi connectivity index (χ3n) is 4.13. The highest BCUT2D eigenvalue weighted by Gasteiger charge is 2.58. The lowest BCUT2D eigenvalue weighted by molar-refractivity contribution is 0.242. The third kappa shape index (κ3) is 1.85. The van der Waals surface area contributed by atoms with Gasteiger partial charge in [0.05, 0.1) is 6.61 Å². The van der Waals surface area contributed by atoms with Crippen molar-refractivity contribution < 1.29 is 4.74 Å². The summed E-state index contributed by atoms with van der Waals surface area (Å²) in [6.07, 6.45) is 9.06. The van der Waals surface area contributed by atoms with Gasteiger partial charge in [0, 0.05) is 11.8 Å². The Kier molecular flexibility index (Phi) is 2.64. The Morgan fingerprint density at radius 3 is 2.53 bits per heavy atom. The van der Waals surface area contributed by atoms with E-state index in [-0.39, 0.29) is 5.60 Å². The molecule has 2 fully saturated rings. The second kappa shape index (κ2) is 4.15. The summed E-state index contributed by atoms with van der Waals surface area (Å²) in [5, 5.41) is 0. The van der Waals surface area contributed by atoms with Crippen LogP contribution in [0.15, 0.2) is 49.1 Å². The molecule has 1 heterocycles. The van der Waals surface area contributed by atoms with Gasteiger partial charge in [0.15, 0.2) is 0 Å². The molecule has 3 atom stereocenters. The molecule has 0 amide bonds. The molecule has 1 nitrogen and oxygen atoms in total. The molecule has 1 heteroatoms. The molecule has 1 aliphatic heterocycles. The van der Waals surface area contributed by atoms with E-state index in [9.17, 15) is 0 Å². The Balaban J connectivity index is 1.75. The molecule has 1 aromatic carbocycles. The summed E-state index contributed by atoms with van der Waals surface area (Å²) in [6, 6.07) is 10.5. The van der Waals surface area contributed by atoms with Crippen molar-refractivity contribution in [3.63, 3.8) is 0 Å². The van der Waals surface area contributed by atoms with Crippen molar-refractivity contribution in [2.75, 3.05) is 6.61 Å². The van der Waals surface area contributed by atoms with Gasteiger partial charge in [0.2, 0.25) is 0 Å². The van der Waals surface area contributed by atoms with Crippen LogP contribution in [0.5, 0.6) is 0 Å². The summed E-state index contributed by atoms with van der Waals surface area (Å²) < 4.78 is 5.74. The normalized spacial score (nSPS) is 35.5. The van der Waals surface area contributed by atoms with E-state index in [1.807, 2.05) is 6.07 Å². The van der Waals surface area contributed by atoms with Gasteiger partial charge in [-0.3, -0.25) is 0 Å². The van der Waals surface area contributed by atoms with Crippen molar-refractivity contribution in [1.29, 1.82) is 0 Å².